The number of aromatic nitrogens is 1. The lowest BCUT2D eigenvalue weighted by Crippen LogP contribution is -2.43. The first kappa shape index (κ1) is 16.7. The van der Waals surface area contributed by atoms with Gasteiger partial charge >= 0.3 is 0 Å². The Labute approximate surface area is 142 Å². The van der Waals surface area contributed by atoms with E-state index < -0.39 is 0 Å². The van der Waals surface area contributed by atoms with E-state index in [9.17, 15) is 9.59 Å². The SMILES string of the molecule is CNC(=O)C1CCN(C(=O)c2cccnc2N2CCOCC2)CC1. The van der Waals surface area contributed by atoms with Gasteiger partial charge in [-0.05, 0) is 25.0 Å². The molecule has 0 atom stereocenters. The summed E-state index contributed by atoms with van der Waals surface area (Å²) in [7, 11) is 1.66. The van der Waals surface area contributed by atoms with Crippen molar-refractivity contribution < 1.29 is 14.3 Å². The monoisotopic (exact) mass is 332 g/mol. The molecule has 0 radical (unpaired) electrons. The highest BCUT2D eigenvalue weighted by atomic mass is 16.5. The minimum absolute atomic E-state index is 0.0000477. The fourth-order valence-corrected chi connectivity index (χ4v) is 3.31. The standard InChI is InChI=1S/C17H24N4O3/c1-18-16(22)13-4-7-21(8-5-13)17(23)14-3-2-6-19-15(14)20-9-11-24-12-10-20/h2-3,6,13H,4-5,7-12H2,1H3,(H,18,22). The number of carbonyl (C=O) groups excluding carboxylic acids is 2. The van der Waals surface area contributed by atoms with Crippen molar-refractivity contribution >= 4 is 17.6 Å². The van der Waals surface area contributed by atoms with Crippen LogP contribution in [0.4, 0.5) is 5.82 Å². The summed E-state index contributed by atoms with van der Waals surface area (Å²) in [6.07, 6.45) is 3.14. The zero-order chi connectivity index (χ0) is 16.9. The maximum atomic E-state index is 12.9. The van der Waals surface area contributed by atoms with Gasteiger partial charge in [0.2, 0.25) is 5.91 Å². The van der Waals surface area contributed by atoms with Gasteiger partial charge in [-0.15, -0.1) is 0 Å². The summed E-state index contributed by atoms with van der Waals surface area (Å²) in [5.41, 5.74) is 0.637. The molecule has 0 spiro atoms. The number of rotatable bonds is 3. The smallest absolute Gasteiger partial charge is 0.257 e. The molecule has 2 saturated heterocycles. The van der Waals surface area contributed by atoms with Gasteiger partial charge in [-0.2, -0.15) is 0 Å². The molecule has 1 aromatic rings. The van der Waals surface area contributed by atoms with Gasteiger partial charge in [0.05, 0.1) is 18.8 Å². The highest BCUT2D eigenvalue weighted by Crippen LogP contribution is 2.24. The molecule has 0 unspecified atom stereocenters. The van der Waals surface area contributed by atoms with Crippen LogP contribution < -0.4 is 10.2 Å². The Hall–Kier alpha value is -2.15. The number of nitrogens with zero attached hydrogens (tertiary/aromatic N) is 3. The topological polar surface area (TPSA) is 74.8 Å². The fraction of sp³-hybridized carbons (Fsp3) is 0.588. The average molecular weight is 332 g/mol. The van der Waals surface area contributed by atoms with Crippen LogP contribution in [-0.2, 0) is 9.53 Å². The van der Waals surface area contributed by atoms with Crippen LogP contribution in [0.15, 0.2) is 18.3 Å². The van der Waals surface area contributed by atoms with Crippen LogP contribution in [0.2, 0.25) is 0 Å². The lowest BCUT2D eigenvalue weighted by molar-refractivity contribution is -0.125. The second-order valence-electron chi connectivity index (χ2n) is 6.15. The van der Waals surface area contributed by atoms with Gasteiger partial charge in [0.25, 0.3) is 5.91 Å². The van der Waals surface area contributed by atoms with Crippen LogP contribution in [0, 0.1) is 5.92 Å². The lowest BCUT2D eigenvalue weighted by atomic mass is 9.95. The van der Waals surface area contributed by atoms with Crippen molar-refractivity contribution in [2.45, 2.75) is 12.8 Å². The number of nitrogens with one attached hydrogen (secondary N) is 1. The molecule has 2 amide bonds. The predicted molar refractivity (Wildman–Crippen MR) is 90.0 cm³/mol. The van der Waals surface area contributed by atoms with E-state index in [1.165, 1.54) is 0 Å². The summed E-state index contributed by atoms with van der Waals surface area (Å²) >= 11 is 0. The van der Waals surface area contributed by atoms with Crippen LogP contribution in [-0.4, -0.2) is 68.1 Å². The summed E-state index contributed by atoms with van der Waals surface area (Å²) in [5, 5.41) is 2.69. The Morgan fingerprint density at radius 1 is 1.21 bits per heavy atom. The first-order valence-corrected chi connectivity index (χ1v) is 8.49. The number of morpholine rings is 1. The number of piperidine rings is 1. The van der Waals surface area contributed by atoms with Crippen LogP contribution in [0.5, 0.6) is 0 Å². The highest BCUT2D eigenvalue weighted by Gasteiger charge is 2.29. The molecule has 3 heterocycles. The molecule has 7 heteroatoms. The fourth-order valence-electron chi connectivity index (χ4n) is 3.31. The summed E-state index contributed by atoms with van der Waals surface area (Å²) < 4.78 is 5.38. The van der Waals surface area contributed by atoms with Crippen LogP contribution >= 0.6 is 0 Å². The van der Waals surface area contributed by atoms with Crippen molar-refractivity contribution in [2.75, 3.05) is 51.3 Å². The summed E-state index contributed by atoms with van der Waals surface area (Å²) in [5.74, 6) is 0.809. The third-order valence-electron chi connectivity index (χ3n) is 4.73. The van der Waals surface area contributed by atoms with Crippen molar-refractivity contribution in [1.29, 1.82) is 0 Å². The molecule has 1 aromatic heterocycles. The molecule has 0 saturated carbocycles. The van der Waals surface area contributed by atoms with E-state index in [0.717, 1.165) is 18.9 Å². The largest absolute Gasteiger partial charge is 0.378 e. The molecular weight excluding hydrogens is 308 g/mol. The number of likely N-dealkylation sites (tertiary alicyclic amines) is 1. The number of ether oxygens (including phenoxy) is 1. The normalized spacial score (nSPS) is 19.2. The molecular formula is C17H24N4O3. The molecule has 0 aromatic carbocycles. The number of anilines is 1. The molecule has 2 fully saturated rings. The third kappa shape index (κ3) is 3.51. The van der Waals surface area contributed by atoms with Gasteiger partial charge in [-0.25, -0.2) is 4.98 Å². The van der Waals surface area contributed by atoms with Crippen molar-refractivity contribution in [2.24, 2.45) is 5.92 Å². The maximum Gasteiger partial charge on any atom is 0.257 e. The summed E-state index contributed by atoms with van der Waals surface area (Å²) in [6, 6.07) is 3.64. The average Bonchev–Trinajstić information content (AvgIpc) is 2.67. The molecule has 0 aliphatic carbocycles. The van der Waals surface area contributed by atoms with E-state index in [4.69, 9.17) is 4.74 Å². The Morgan fingerprint density at radius 2 is 1.92 bits per heavy atom. The molecule has 3 rings (SSSR count). The number of hydrogen-bond donors (Lipinski definition) is 1. The first-order valence-electron chi connectivity index (χ1n) is 8.49. The Morgan fingerprint density at radius 3 is 2.58 bits per heavy atom. The van der Waals surface area contributed by atoms with E-state index in [0.29, 0.717) is 44.7 Å². The van der Waals surface area contributed by atoms with Crippen LogP contribution in [0.3, 0.4) is 0 Å². The third-order valence-corrected chi connectivity index (χ3v) is 4.73. The zero-order valence-electron chi connectivity index (χ0n) is 14.0. The molecule has 1 N–H and O–H groups in total. The van der Waals surface area contributed by atoms with E-state index in [1.807, 2.05) is 11.0 Å². The quantitative estimate of drug-likeness (QED) is 0.873. The van der Waals surface area contributed by atoms with E-state index in [2.05, 4.69) is 15.2 Å². The number of carbonyl (C=O) groups is 2. The molecule has 2 aliphatic heterocycles. The van der Waals surface area contributed by atoms with Gasteiger partial charge in [-0.3, -0.25) is 9.59 Å². The Balaban J connectivity index is 1.70. The molecule has 7 nitrogen and oxygen atoms in total. The van der Waals surface area contributed by atoms with E-state index >= 15 is 0 Å². The van der Waals surface area contributed by atoms with Gasteiger partial charge in [-0.1, -0.05) is 0 Å². The van der Waals surface area contributed by atoms with Gasteiger partial charge in [0, 0.05) is 45.3 Å². The molecule has 130 valence electrons. The minimum atomic E-state index is -0.0000477. The predicted octanol–water partition coefficient (Wildman–Crippen LogP) is 0.516. The van der Waals surface area contributed by atoms with Crippen LogP contribution in [0.1, 0.15) is 23.2 Å². The Kier molecular flexibility index (Phi) is 5.30. The first-order chi connectivity index (χ1) is 11.7. The summed E-state index contributed by atoms with van der Waals surface area (Å²) in [4.78, 5) is 33.0. The van der Waals surface area contributed by atoms with Crippen molar-refractivity contribution in [3.8, 4) is 0 Å². The van der Waals surface area contributed by atoms with Gasteiger partial charge in [0.1, 0.15) is 5.82 Å². The molecule has 0 bridgehead atoms. The molecule has 24 heavy (non-hydrogen) atoms. The Bertz CT molecular complexity index is 593. The zero-order valence-corrected chi connectivity index (χ0v) is 14.0. The van der Waals surface area contributed by atoms with Crippen LogP contribution in [0.25, 0.3) is 0 Å². The maximum absolute atomic E-state index is 12.9. The highest BCUT2D eigenvalue weighted by molar-refractivity contribution is 5.99. The minimum Gasteiger partial charge on any atom is -0.378 e. The second-order valence-corrected chi connectivity index (χ2v) is 6.15. The van der Waals surface area contributed by atoms with E-state index in [-0.39, 0.29) is 17.7 Å². The lowest BCUT2D eigenvalue weighted by Gasteiger charge is -2.33. The van der Waals surface area contributed by atoms with Crippen molar-refractivity contribution in [1.82, 2.24) is 15.2 Å². The van der Waals surface area contributed by atoms with Gasteiger partial charge in [0.15, 0.2) is 0 Å². The van der Waals surface area contributed by atoms with Crippen molar-refractivity contribution in [3.63, 3.8) is 0 Å². The van der Waals surface area contributed by atoms with Gasteiger partial charge < -0.3 is 19.9 Å². The second kappa shape index (κ2) is 7.61. The van der Waals surface area contributed by atoms with E-state index in [1.54, 1.807) is 19.3 Å². The number of hydrogen-bond acceptors (Lipinski definition) is 5. The number of pyridine rings is 1. The molecule has 2 aliphatic rings. The number of amides is 2. The summed E-state index contributed by atoms with van der Waals surface area (Å²) in [6.45, 7) is 4.01. The van der Waals surface area contributed by atoms with Crippen molar-refractivity contribution in [3.05, 3.63) is 23.9 Å².